The second kappa shape index (κ2) is 25.5. The molecule has 8 bridgehead atoms. The summed E-state index contributed by atoms with van der Waals surface area (Å²) in [5.41, 5.74) is 25.6. The second-order valence-electron chi connectivity index (χ2n) is 27.0. The predicted molar refractivity (Wildman–Crippen MR) is 381 cm³/mol. The Balaban J connectivity index is 1.02. The van der Waals surface area contributed by atoms with E-state index in [9.17, 15) is 0 Å². The summed E-state index contributed by atoms with van der Waals surface area (Å²) in [6, 6.07) is 70.8. The maximum absolute atomic E-state index is 4.25. The molecule has 4 N–H and O–H groups in total. The molecule has 0 radical (unpaired) electrons. The Bertz CT molecular complexity index is 4630. The molecule has 7 aromatic carbocycles. The SMILES string of the molecule is CCCCCCC1(CCCCCC)c2ccccc2-c2ccc(C3=c4ccc([nH]4)=C(C)c4ccc([nH]4)C(c4ccc5c(c4)C(CCCCCC)(CCCCCC)c4ccccc4-5)=c4ccc([nH]4)=C(c4c5ccccc5c(C)c5ccccc45)c4ccc3[nH]4)cc21. The Morgan fingerprint density at radius 3 is 1.10 bits per heavy atom. The standard InChI is InChI=1S/C86H92N4/c1-7-11-15-27-51-85(52-28-16-12-8-2)69-37-25-23-33-63(69)65-41-39-59(55-71(65)85)81-75-45-43-73(87-75)58(6)74-44-46-76(88-74)82(60-40-42-66-64-34-24-26-38-70(64)86(72(66)56-60,53-29-17-13-9-3)54-30-18-14-10-4)78-48-50-80(90-78)84(79-49-47-77(81)89-79)83-67-35-21-19-31-61(67)57(5)62-32-20-22-36-68(62)83/h19-26,31-50,55-56,87-90H,7-18,27-30,51-54H2,1-6H3. The first kappa shape index (κ1) is 59.3. The van der Waals surface area contributed by atoms with Crippen LogP contribution in [0.1, 0.15) is 230 Å². The second-order valence-corrected chi connectivity index (χ2v) is 27.0. The van der Waals surface area contributed by atoms with Gasteiger partial charge in [-0.05, 0) is 189 Å². The first-order chi connectivity index (χ1) is 44.3. The highest BCUT2D eigenvalue weighted by Crippen LogP contribution is 2.57. The van der Waals surface area contributed by atoms with Gasteiger partial charge in [0.2, 0.25) is 0 Å². The van der Waals surface area contributed by atoms with Gasteiger partial charge >= 0.3 is 0 Å². The summed E-state index contributed by atoms with van der Waals surface area (Å²) in [6.45, 7) is 13.9. The Kier molecular flexibility index (Phi) is 16.8. The number of nitrogens with one attached hydrogen (secondary N) is 4. The molecule has 4 aromatic heterocycles. The Morgan fingerprint density at radius 1 is 0.289 bits per heavy atom. The molecule has 0 amide bonds. The van der Waals surface area contributed by atoms with E-state index in [4.69, 9.17) is 0 Å². The zero-order valence-electron chi connectivity index (χ0n) is 54.5. The zero-order chi connectivity index (χ0) is 61.3. The highest BCUT2D eigenvalue weighted by Gasteiger charge is 2.44. The molecule has 14 rings (SSSR count). The molecule has 5 heterocycles. The number of aryl methyl sites for hydroxylation is 1. The predicted octanol–water partition coefficient (Wildman–Crippen LogP) is 20.3. The molecule has 4 nitrogen and oxygen atoms in total. The zero-order valence-corrected chi connectivity index (χ0v) is 54.5. The van der Waals surface area contributed by atoms with Crippen LogP contribution in [0.25, 0.3) is 66.1 Å². The topological polar surface area (TPSA) is 63.2 Å². The van der Waals surface area contributed by atoms with E-state index in [1.807, 2.05) is 0 Å². The number of unbranched alkanes of at least 4 members (excludes halogenated alkanes) is 12. The van der Waals surface area contributed by atoms with Crippen LogP contribution in [0.5, 0.6) is 0 Å². The third kappa shape index (κ3) is 10.4. The number of H-pyrrole nitrogens is 4. The molecule has 0 spiro atoms. The molecular weight excluding hydrogens is 1090 g/mol. The maximum atomic E-state index is 4.25. The largest absolute Gasteiger partial charge is 0.355 e. The maximum Gasteiger partial charge on any atom is 0.0486 e. The van der Waals surface area contributed by atoms with E-state index in [0.717, 1.165) is 49.7 Å². The van der Waals surface area contributed by atoms with Crippen molar-refractivity contribution in [1.29, 1.82) is 0 Å². The summed E-state index contributed by atoms with van der Waals surface area (Å²) in [7, 11) is 0. The van der Waals surface area contributed by atoms with E-state index < -0.39 is 0 Å². The Morgan fingerprint density at radius 2 is 0.644 bits per heavy atom. The summed E-state index contributed by atoms with van der Waals surface area (Å²) in [5.74, 6) is 0. The molecule has 456 valence electrons. The quantitative estimate of drug-likeness (QED) is 0.0364. The van der Waals surface area contributed by atoms with Crippen molar-refractivity contribution in [1.82, 2.24) is 19.9 Å². The summed E-state index contributed by atoms with van der Waals surface area (Å²) in [6.07, 6.45) is 24.7. The smallest absolute Gasteiger partial charge is 0.0486 e. The fourth-order valence-electron chi connectivity index (χ4n) is 16.9. The Hall–Kier alpha value is -8.34. The minimum Gasteiger partial charge on any atom is -0.355 e. The van der Waals surface area contributed by atoms with E-state index in [-0.39, 0.29) is 10.8 Å². The molecule has 0 saturated carbocycles. The summed E-state index contributed by atoms with van der Waals surface area (Å²) in [4.78, 5) is 16.7. The van der Waals surface area contributed by atoms with Crippen LogP contribution in [-0.4, -0.2) is 19.9 Å². The molecule has 0 atom stereocenters. The molecule has 0 fully saturated rings. The van der Waals surface area contributed by atoms with Gasteiger partial charge < -0.3 is 19.9 Å². The summed E-state index contributed by atoms with van der Waals surface area (Å²) in [5, 5.41) is 9.38. The van der Waals surface area contributed by atoms with Gasteiger partial charge in [-0.15, -0.1) is 0 Å². The lowest BCUT2D eigenvalue weighted by Crippen LogP contribution is -2.26. The van der Waals surface area contributed by atoms with Crippen molar-refractivity contribution >= 4 is 43.8 Å². The molecule has 90 heavy (non-hydrogen) atoms. The number of aromatic nitrogens is 4. The van der Waals surface area contributed by atoms with Gasteiger partial charge in [-0.1, -0.05) is 252 Å². The van der Waals surface area contributed by atoms with E-state index in [1.165, 1.54) is 233 Å². The van der Waals surface area contributed by atoms with Crippen LogP contribution < -0.4 is 21.4 Å². The third-order valence-corrected chi connectivity index (χ3v) is 21.6. The van der Waals surface area contributed by atoms with Crippen LogP contribution in [0.2, 0.25) is 0 Å². The van der Waals surface area contributed by atoms with Gasteiger partial charge in [0.25, 0.3) is 0 Å². The van der Waals surface area contributed by atoms with E-state index in [0.29, 0.717) is 0 Å². The number of aromatic amines is 4. The molecule has 2 aliphatic carbocycles. The fourth-order valence-corrected chi connectivity index (χ4v) is 16.9. The van der Waals surface area contributed by atoms with Crippen LogP contribution in [-0.2, 0) is 10.8 Å². The van der Waals surface area contributed by atoms with Gasteiger partial charge in [0.1, 0.15) is 0 Å². The first-order valence-corrected chi connectivity index (χ1v) is 34.9. The highest BCUT2D eigenvalue weighted by molar-refractivity contribution is 6.13. The van der Waals surface area contributed by atoms with Gasteiger partial charge in [0, 0.05) is 77.3 Å². The van der Waals surface area contributed by atoms with Crippen molar-refractivity contribution in [2.24, 2.45) is 0 Å². The number of hydrogen-bond acceptors (Lipinski definition) is 0. The van der Waals surface area contributed by atoms with Crippen molar-refractivity contribution < 1.29 is 0 Å². The van der Waals surface area contributed by atoms with E-state index in [2.05, 4.69) is 243 Å². The first-order valence-electron chi connectivity index (χ1n) is 34.9. The van der Waals surface area contributed by atoms with Crippen molar-refractivity contribution in [2.45, 2.75) is 181 Å². The lowest BCUT2D eigenvalue weighted by Gasteiger charge is -2.33. The highest BCUT2D eigenvalue weighted by atomic mass is 14.8. The lowest BCUT2D eigenvalue weighted by molar-refractivity contribution is 0.401. The molecule has 0 unspecified atom stereocenters. The number of fused-ring (bicyclic) bond motifs is 16. The summed E-state index contributed by atoms with van der Waals surface area (Å²) < 4.78 is 0. The van der Waals surface area contributed by atoms with E-state index >= 15 is 0 Å². The van der Waals surface area contributed by atoms with Gasteiger partial charge in [0.15, 0.2) is 0 Å². The molecule has 11 aromatic rings. The van der Waals surface area contributed by atoms with Crippen LogP contribution in [0.15, 0.2) is 182 Å². The lowest BCUT2D eigenvalue weighted by atomic mass is 9.70. The molecule has 3 aliphatic rings. The minimum atomic E-state index is -0.0497. The average Bonchev–Trinajstić information content (AvgIpc) is 1.55. The molecule has 4 heteroatoms. The monoisotopic (exact) mass is 1180 g/mol. The fraction of sp³-hybridized carbons (Fsp3) is 0.326. The normalized spacial score (nSPS) is 14.4. The number of rotatable bonds is 23. The number of hydrogen-bond donors (Lipinski definition) is 4. The molecule has 0 saturated heterocycles. The molecule has 1 aliphatic heterocycles. The van der Waals surface area contributed by atoms with Crippen molar-refractivity contribution in [2.75, 3.05) is 0 Å². The summed E-state index contributed by atoms with van der Waals surface area (Å²) >= 11 is 0. The van der Waals surface area contributed by atoms with Crippen molar-refractivity contribution in [3.63, 3.8) is 0 Å². The van der Waals surface area contributed by atoms with Crippen molar-refractivity contribution in [3.05, 3.63) is 271 Å². The van der Waals surface area contributed by atoms with Crippen LogP contribution in [0.3, 0.4) is 0 Å². The van der Waals surface area contributed by atoms with Gasteiger partial charge in [0.05, 0.1) is 0 Å². The minimum absolute atomic E-state index is 0.0497. The van der Waals surface area contributed by atoms with Gasteiger partial charge in [-0.25, -0.2) is 0 Å². The van der Waals surface area contributed by atoms with Gasteiger partial charge in [-0.3, -0.25) is 0 Å². The van der Waals surface area contributed by atoms with E-state index in [1.54, 1.807) is 0 Å². The van der Waals surface area contributed by atoms with Crippen LogP contribution in [0, 0.1) is 6.92 Å². The van der Waals surface area contributed by atoms with Crippen molar-refractivity contribution in [3.8, 4) is 22.3 Å². The third-order valence-electron chi connectivity index (χ3n) is 21.6. The average molecular weight is 1180 g/mol. The van der Waals surface area contributed by atoms with Crippen LogP contribution in [0.4, 0.5) is 0 Å². The van der Waals surface area contributed by atoms with Gasteiger partial charge in [-0.2, -0.15) is 0 Å². The van der Waals surface area contributed by atoms with Crippen LogP contribution >= 0.6 is 0 Å². The Labute approximate surface area is 534 Å². The number of benzene rings is 7. The molecular formula is C86H92N4.